The van der Waals surface area contributed by atoms with Gasteiger partial charge in [-0.05, 0) is 13.0 Å². The van der Waals surface area contributed by atoms with Crippen LogP contribution < -0.4 is 4.57 Å². The number of rotatable bonds is 3. The van der Waals surface area contributed by atoms with E-state index in [9.17, 15) is 4.79 Å². The number of aromatic nitrogens is 1. The van der Waals surface area contributed by atoms with Crippen LogP contribution in [-0.2, 0) is 11.3 Å². The van der Waals surface area contributed by atoms with Crippen LogP contribution in [0.25, 0.3) is 0 Å². The molecule has 0 radical (unpaired) electrons. The predicted octanol–water partition coefficient (Wildman–Crippen LogP) is 1.13. The first-order valence-electron chi connectivity index (χ1n) is 3.92. The van der Waals surface area contributed by atoms with Crippen molar-refractivity contribution in [3.63, 3.8) is 0 Å². The lowest BCUT2D eigenvalue weighted by molar-refractivity contribution is -0.694. The average Bonchev–Trinajstić information content (AvgIpc) is 2.04. The fourth-order valence-corrected chi connectivity index (χ4v) is 1.36. The van der Waals surface area contributed by atoms with Crippen LogP contribution in [0.3, 0.4) is 0 Å². The number of alkyl halides is 1. The molecule has 0 saturated heterocycles. The lowest BCUT2D eigenvalue weighted by Crippen LogP contribution is -2.40. The van der Waals surface area contributed by atoms with E-state index in [1.165, 1.54) is 0 Å². The van der Waals surface area contributed by atoms with Crippen LogP contribution in [0.15, 0.2) is 24.5 Å². The number of pyridine rings is 1. The van der Waals surface area contributed by atoms with Crippen molar-refractivity contribution in [3.8, 4) is 0 Å². The van der Waals surface area contributed by atoms with Crippen molar-refractivity contribution in [2.45, 2.75) is 18.3 Å². The van der Waals surface area contributed by atoms with Crippen molar-refractivity contribution in [1.82, 2.24) is 0 Å². The van der Waals surface area contributed by atoms with Crippen molar-refractivity contribution in [1.29, 1.82) is 0 Å². The van der Waals surface area contributed by atoms with Crippen LogP contribution in [0.4, 0.5) is 0 Å². The summed E-state index contributed by atoms with van der Waals surface area (Å²) in [5, 5.41) is 8.65. The molecule has 13 heavy (non-hydrogen) atoms. The van der Waals surface area contributed by atoms with Gasteiger partial charge >= 0.3 is 5.97 Å². The van der Waals surface area contributed by atoms with Crippen LogP contribution in [-0.4, -0.2) is 15.9 Å². The summed E-state index contributed by atoms with van der Waals surface area (Å²) in [4.78, 5) is 10.00. The van der Waals surface area contributed by atoms with Crippen LogP contribution in [0.5, 0.6) is 0 Å². The Labute approximate surface area is 85.1 Å². The van der Waals surface area contributed by atoms with E-state index in [4.69, 9.17) is 5.11 Å². The van der Waals surface area contributed by atoms with Crippen LogP contribution >= 0.6 is 15.9 Å². The number of carboxylic acid groups (broad SMARTS) is 1. The summed E-state index contributed by atoms with van der Waals surface area (Å²) < 4.78 is 1.85. The zero-order chi connectivity index (χ0) is 9.84. The summed E-state index contributed by atoms with van der Waals surface area (Å²) in [5.74, 6) is -0.839. The highest BCUT2D eigenvalue weighted by atomic mass is 79.9. The number of hydrogen-bond donors (Lipinski definition) is 1. The van der Waals surface area contributed by atoms with Gasteiger partial charge in [-0.1, -0.05) is 15.9 Å². The van der Waals surface area contributed by atoms with Crippen LogP contribution in [0.1, 0.15) is 5.56 Å². The van der Waals surface area contributed by atoms with Gasteiger partial charge in [0.1, 0.15) is 0 Å². The number of nitrogens with zero attached hydrogens (tertiary/aromatic N) is 1. The minimum Gasteiger partial charge on any atom is -0.480 e. The first-order chi connectivity index (χ1) is 6.09. The van der Waals surface area contributed by atoms with Gasteiger partial charge in [-0.15, -0.1) is 0 Å². The zero-order valence-corrected chi connectivity index (χ0v) is 8.86. The van der Waals surface area contributed by atoms with E-state index in [0.29, 0.717) is 6.54 Å². The Balaban J connectivity index is 2.69. The number of aryl methyl sites for hydroxylation is 1. The van der Waals surface area contributed by atoms with Gasteiger partial charge < -0.3 is 5.11 Å². The summed E-state index contributed by atoms with van der Waals surface area (Å²) in [6, 6.07) is 3.87. The Bertz CT molecular complexity index is 314. The number of halogens is 1. The number of carbonyl (C=O) groups is 1. The second-order valence-electron chi connectivity index (χ2n) is 2.88. The molecule has 1 aromatic heterocycles. The maximum absolute atomic E-state index is 10.5. The molecule has 3 nitrogen and oxygen atoms in total. The van der Waals surface area contributed by atoms with Gasteiger partial charge in [0.15, 0.2) is 23.8 Å². The maximum Gasteiger partial charge on any atom is 0.323 e. The molecule has 70 valence electrons. The van der Waals surface area contributed by atoms with E-state index in [0.717, 1.165) is 5.56 Å². The first-order valence-corrected chi connectivity index (χ1v) is 4.84. The third-order valence-electron chi connectivity index (χ3n) is 1.65. The van der Waals surface area contributed by atoms with Crippen molar-refractivity contribution >= 4 is 21.9 Å². The molecule has 0 saturated carbocycles. The highest BCUT2D eigenvalue weighted by molar-refractivity contribution is 9.10. The zero-order valence-electron chi connectivity index (χ0n) is 7.27. The molecule has 1 aromatic rings. The second kappa shape index (κ2) is 4.37. The minimum atomic E-state index is -0.839. The Hall–Kier alpha value is -0.900. The molecule has 0 aliphatic rings. The van der Waals surface area contributed by atoms with Gasteiger partial charge in [0.25, 0.3) is 0 Å². The molecule has 0 aromatic carbocycles. The van der Waals surface area contributed by atoms with Gasteiger partial charge in [-0.25, -0.2) is 4.57 Å². The second-order valence-corrected chi connectivity index (χ2v) is 3.99. The lowest BCUT2D eigenvalue weighted by atomic mass is 10.3. The largest absolute Gasteiger partial charge is 0.480 e. The highest BCUT2D eigenvalue weighted by Gasteiger charge is 2.17. The summed E-state index contributed by atoms with van der Waals surface area (Å²) in [6.45, 7) is 2.41. The predicted molar refractivity (Wildman–Crippen MR) is 51.7 cm³/mol. The molecular formula is C9H11BrNO2+. The van der Waals surface area contributed by atoms with Crippen LogP contribution in [0, 0.1) is 6.92 Å². The van der Waals surface area contributed by atoms with Gasteiger partial charge in [0.05, 0.1) is 0 Å². The minimum absolute atomic E-state index is 0.441. The van der Waals surface area contributed by atoms with E-state index in [1.807, 2.05) is 36.0 Å². The molecule has 0 spiro atoms. The standard InChI is InChI=1S/C9H10BrNO2/c1-7-3-2-4-11(5-7)6-8(10)9(12)13/h2-5,8H,6H2,1H3/p+1/t8-/m1/s1. The van der Waals surface area contributed by atoms with E-state index < -0.39 is 10.8 Å². The molecule has 0 amide bonds. The average molecular weight is 245 g/mol. The van der Waals surface area contributed by atoms with Gasteiger partial charge in [-0.3, -0.25) is 4.79 Å². The molecular weight excluding hydrogens is 234 g/mol. The Morgan fingerprint density at radius 3 is 3.00 bits per heavy atom. The maximum atomic E-state index is 10.5. The molecule has 1 rings (SSSR count). The van der Waals surface area contributed by atoms with Gasteiger partial charge in [0.2, 0.25) is 0 Å². The third-order valence-corrected chi connectivity index (χ3v) is 2.33. The smallest absolute Gasteiger partial charge is 0.323 e. The quantitative estimate of drug-likeness (QED) is 0.640. The number of carboxylic acids is 1. The third kappa shape index (κ3) is 3.14. The summed E-state index contributed by atoms with van der Waals surface area (Å²) >= 11 is 3.08. The normalized spacial score (nSPS) is 12.5. The lowest BCUT2D eigenvalue weighted by Gasteiger charge is -2.00. The Morgan fingerprint density at radius 2 is 2.46 bits per heavy atom. The Kier molecular flexibility index (Phi) is 3.42. The molecule has 4 heteroatoms. The number of hydrogen-bond acceptors (Lipinski definition) is 1. The molecule has 0 aliphatic carbocycles. The first kappa shape index (κ1) is 10.2. The molecule has 0 aliphatic heterocycles. The highest BCUT2D eigenvalue weighted by Crippen LogP contribution is 1.99. The van der Waals surface area contributed by atoms with Crippen molar-refractivity contribution in [3.05, 3.63) is 30.1 Å². The molecule has 0 unspecified atom stereocenters. The van der Waals surface area contributed by atoms with Gasteiger partial charge in [-0.2, -0.15) is 0 Å². The monoisotopic (exact) mass is 244 g/mol. The summed E-state index contributed by atoms with van der Waals surface area (Å²) in [7, 11) is 0. The molecule has 0 bridgehead atoms. The Morgan fingerprint density at radius 1 is 1.77 bits per heavy atom. The summed E-state index contributed by atoms with van der Waals surface area (Å²) in [5.41, 5.74) is 1.12. The topological polar surface area (TPSA) is 41.2 Å². The van der Waals surface area contributed by atoms with Crippen molar-refractivity contribution < 1.29 is 14.5 Å². The van der Waals surface area contributed by atoms with E-state index >= 15 is 0 Å². The molecule has 1 heterocycles. The molecule has 0 fully saturated rings. The number of aliphatic carboxylic acids is 1. The van der Waals surface area contributed by atoms with Gasteiger partial charge in [0, 0.05) is 11.6 Å². The summed E-state index contributed by atoms with van der Waals surface area (Å²) in [6.07, 6.45) is 3.77. The van der Waals surface area contributed by atoms with Crippen molar-refractivity contribution in [2.75, 3.05) is 0 Å². The van der Waals surface area contributed by atoms with E-state index in [2.05, 4.69) is 15.9 Å². The SMILES string of the molecule is Cc1ccc[n+](C[C@@H](Br)C(=O)O)c1. The van der Waals surface area contributed by atoms with E-state index in [1.54, 1.807) is 0 Å². The van der Waals surface area contributed by atoms with Crippen molar-refractivity contribution in [2.24, 2.45) is 0 Å². The van der Waals surface area contributed by atoms with Crippen LogP contribution in [0.2, 0.25) is 0 Å². The molecule has 1 atom stereocenters. The fraction of sp³-hybridized carbons (Fsp3) is 0.333. The fourth-order valence-electron chi connectivity index (χ4n) is 1.03. The molecule has 1 N–H and O–H groups in total. The van der Waals surface area contributed by atoms with E-state index in [-0.39, 0.29) is 0 Å².